The highest BCUT2D eigenvalue weighted by Crippen LogP contribution is 2.13. The van der Waals surface area contributed by atoms with Crippen molar-refractivity contribution in [2.75, 3.05) is 12.3 Å². The number of rotatable bonds is 5. The number of nitrogens with zero attached hydrogens (tertiary/aromatic N) is 1. The average Bonchev–Trinajstić information content (AvgIpc) is 2.21. The van der Waals surface area contributed by atoms with E-state index in [-0.39, 0.29) is 11.8 Å². The molecule has 3 N–H and O–H groups in total. The van der Waals surface area contributed by atoms with Crippen LogP contribution in [0.25, 0.3) is 0 Å². The molecule has 0 fully saturated rings. The molecule has 0 spiro atoms. The van der Waals surface area contributed by atoms with Crippen LogP contribution in [0.2, 0.25) is 0 Å². The number of aryl methyl sites for hydroxylation is 1. The van der Waals surface area contributed by atoms with Gasteiger partial charge in [0.1, 0.15) is 5.82 Å². The topological polar surface area (TPSA) is 68.0 Å². The lowest BCUT2D eigenvalue weighted by Gasteiger charge is -2.12. The Labute approximate surface area is 96.3 Å². The minimum atomic E-state index is 0.0437. The van der Waals surface area contributed by atoms with E-state index in [1.54, 1.807) is 12.3 Å². The van der Waals surface area contributed by atoms with Gasteiger partial charge >= 0.3 is 0 Å². The summed E-state index contributed by atoms with van der Waals surface area (Å²) in [7, 11) is 0. The number of nitrogens with one attached hydrogen (secondary N) is 1. The first-order valence-corrected chi connectivity index (χ1v) is 5.53. The van der Waals surface area contributed by atoms with E-state index < -0.39 is 0 Å². The molecule has 0 saturated carbocycles. The number of Topliss-reactive ketones (excluding diaryl/α,β-unsaturated/α-hetero) is 1. The van der Waals surface area contributed by atoms with Crippen molar-refractivity contribution in [3.63, 3.8) is 0 Å². The van der Waals surface area contributed by atoms with E-state index in [2.05, 4.69) is 10.3 Å². The molecule has 0 radical (unpaired) electrons. The van der Waals surface area contributed by atoms with Crippen LogP contribution >= 0.6 is 0 Å². The van der Waals surface area contributed by atoms with Gasteiger partial charge in [0.05, 0.1) is 5.56 Å². The van der Waals surface area contributed by atoms with Crippen molar-refractivity contribution in [2.24, 2.45) is 0 Å². The van der Waals surface area contributed by atoms with Gasteiger partial charge in [0, 0.05) is 18.7 Å². The van der Waals surface area contributed by atoms with E-state index in [4.69, 9.17) is 5.73 Å². The largest absolute Gasteiger partial charge is 0.383 e. The SMILES string of the molecule is CCNC(C)CC(=O)c1cc(C)cnc1N. The summed E-state index contributed by atoms with van der Waals surface area (Å²) in [6.07, 6.45) is 2.11. The van der Waals surface area contributed by atoms with Crippen molar-refractivity contribution in [3.8, 4) is 0 Å². The van der Waals surface area contributed by atoms with E-state index >= 15 is 0 Å². The fraction of sp³-hybridized carbons (Fsp3) is 0.500. The Morgan fingerprint density at radius 1 is 1.62 bits per heavy atom. The van der Waals surface area contributed by atoms with Crippen LogP contribution in [0.4, 0.5) is 5.82 Å². The molecule has 0 aliphatic carbocycles. The zero-order valence-electron chi connectivity index (χ0n) is 10.1. The summed E-state index contributed by atoms with van der Waals surface area (Å²) in [6, 6.07) is 1.96. The van der Waals surface area contributed by atoms with Crippen LogP contribution in [0.15, 0.2) is 12.3 Å². The number of pyridine rings is 1. The van der Waals surface area contributed by atoms with Crippen LogP contribution in [0.3, 0.4) is 0 Å². The monoisotopic (exact) mass is 221 g/mol. The predicted molar refractivity (Wildman–Crippen MR) is 65.5 cm³/mol. The molecule has 4 heteroatoms. The summed E-state index contributed by atoms with van der Waals surface area (Å²) in [4.78, 5) is 15.9. The molecule has 0 aromatic carbocycles. The number of hydrogen-bond acceptors (Lipinski definition) is 4. The van der Waals surface area contributed by atoms with Gasteiger partial charge in [-0.15, -0.1) is 0 Å². The molecule has 4 nitrogen and oxygen atoms in total. The molecule has 1 aromatic heterocycles. The molecule has 1 rings (SSSR count). The number of carbonyl (C=O) groups is 1. The van der Waals surface area contributed by atoms with Gasteiger partial charge < -0.3 is 11.1 Å². The minimum Gasteiger partial charge on any atom is -0.383 e. The lowest BCUT2D eigenvalue weighted by molar-refractivity contribution is 0.0972. The summed E-state index contributed by atoms with van der Waals surface area (Å²) in [5.74, 6) is 0.362. The quantitative estimate of drug-likeness (QED) is 0.740. The van der Waals surface area contributed by atoms with Crippen molar-refractivity contribution in [1.29, 1.82) is 0 Å². The molecular weight excluding hydrogens is 202 g/mol. The van der Waals surface area contributed by atoms with Gasteiger partial charge in [-0.3, -0.25) is 4.79 Å². The fourth-order valence-electron chi connectivity index (χ4n) is 1.61. The highest BCUT2D eigenvalue weighted by Gasteiger charge is 2.14. The first-order chi connectivity index (χ1) is 7.54. The molecule has 1 heterocycles. The smallest absolute Gasteiger partial charge is 0.168 e. The molecule has 0 aliphatic heterocycles. The van der Waals surface area contributed by atoms with Gasteiger partial charge in [0.25, 0.3) is 0 Å². The molecule has 0 amide bonds. The van der Waals surface area contributed by atoms with Crippen molar-refractivity contribution >= 4 is 11.6 Å². The van der Waals surface area contributed by atoms with Gasteiger partial charge in [-0.25, -0.2) is 4.98 Å². The first-order valence-electron chi connectivity index (χ1n) is 5.53. The fourth-order valence-corrected chi connectivity index (χ4v) is 1.61. The van der Waals surface area contributed by atoms with E-state index in [9.17, 15) is 4.79 Å². The third-order valence-corrected chi connectivity index (χ3v) is 2.40. The van der Waals surface area contributed by atoms with Crippen LogP contribution < -0.4 is 11.1 Å². The van der Waals surface area contributed by atoms with Crippen molar-refractivity contribution in [2.45, 2.75) is 33.2 Å². The number of nitrogens with two attached hydrogens (primary N) is 1. The van der Waals surface area contributed by atoms with Crippen molar-refractivity contribution < 1.29 is 4.79 Å². The Morgan fingerprint density at radius 2 is 2.31 bits per heavy atom. The van der Waals surface area contributed by atoms with Crippen LogP contribution in [0.5, 0.6) is 0 Å². The minimum absolute atomic E-state index is 0.0437. The third kappa shape index (κ3) is 3.31. The number of hydrogen-bond donors (Lipinski definition) is 2. The standard InChI is InChI=1S/C12H19N3O/c1-4-14-9(3)6-11(16)10-5-8(2)7-15-12(10)13/h5,7,9,14H,4,6H2,1-3H3,(H2,13,15). The second kappa shape index (κ2) is 5.61. The summed E-state index contributed by atoms with van der Waals surface area (Å²) in [6.45, 7) is 6.76. The normalized spacial score (nSPS) is 12.4. The molecule has 0 bridgehead atoms. The lowest BCUT2D eigenvalue weighted by Crippen LogP contribution is -2.28. The number of nitrogen functional groups attached to an aromatic ring is 1. The van der Waals surface area contributed by atoms with Crippen LogP contribution in [0.1, 0.15) is 36.2 Å². The molecule has 88 valence electrons. The van der Waals surface area contributed by atoms with Crippen LogP contribution in [-0.4, -0.2) is 23.4 Å². The predicted octanol–water partition coefficient (Wildman–Crippen LogP) is 1.54. The second-order valence-corrected chi connectivity index (χ2v) is 4.03. The molecule has 1 aromatic rings. The summed E-state index contributed by atoms with van der Waals surface area (Å²) >= 11 is 0. The Bertz CT molecular complexity index is 377. The Hall–Kier alpha value is -1.42. The number of anilines is 1. The molecule has 0 saturated heterocycles. The third-order valence-electron chi connectivity index (χ3n) is 2.40. The maximum atomic E-state index is 11.9. The van der Waals surface area contributed by atoms with Crippen molar-refractivity contribution in [3.05, 3.63) is 23.4 Å². The maximum absolute atomic E-state index is 11.9. The van der Waals surface area contributed by atoms with Gasteiger partial charge in [-0.2, -0.15) is 0 Å². The molecule has 0 aliphatic rings. The van der Waals surface area contributed by atoms with Crippen LogP contribution in [-0.2, 0) is 0 Å². The molecular formula is C12H19N3O. The molecule has 1 unspecified atom stereocenters. The summed E-state index contributed by atoms with van der Waals surface area (Å²) in [5.41, 5.74) is 7.17. The van der Waals surface area contributed by atoms with Gasteiger partial charge in [-0.05, 0) is 32.0 Å². The van der Waals surface area contributed by atoms with E-state index in [1.165, 1.54) is 0 Å². The molecule has 1 atom stereocenters. The number of aromatic nitrogens is 1. The Morgan fingerprint density at radius 3 is 2.94 bits per heavy atom. The zero-order chi connectivity index (χ0) is 12.1. The van der Waals surface area contributed by atoms with Gasteiger partial charge in [0.15, 0.2) is 5.78 Å². The highest BCUT2D eigenvalue weighted by molar-refractivity contribution is 6.00. The van der Waals surface area contributed by atoms with E-state index in [1.807, 2.05) is 20.8 Å². The average molecular weight is 221 g/mol. The second-order valence-electron chi connectivity index (χ2n) is 4.03. The number of carbonyl (C=O) groups excluding carboxylic acids is 1. The zero-order valence-corrected chi connectivity index (χ0v) is 10.1. The summed E-state index contributed by atoms with van der Waals surface area (Å²) in [5, 5.41) is 3.20. The Balaban J connectivity index is 2.76. The maximum Gasteiger partial charge on any atom is 0.168 e. The molecule has 16 heavy (non-hydrogen) atoms. The lowest BCUT2D eigenvalue weighted by atomic mass is 10.0. The van der Waals surface area contributed by atoms with E-state index in [0.29, 0.717) is 17.8 Å². The number of ketones is 1. The summed E-state index contributed by atoms with van der Waals surface area (Å²) < 4.78 is 0. The van der Waals surface area contributed by atoms with Gasteiger partial charge in [0.2, 0.25) is 0 Å². The first kappa shape index (κ1) is 12.6. The van der Waals surface area contributed by atoms with Crippen LogP contribution in [0, 0.1) is 6.92 Å². The van der Waals surface area contributed by atoms with E-state index in [0.717, 1.165) is 12.1 Å². The van der Waals surface area contributed by atoms with Crippen molar-refractivity contribution in [1.82, 2.24) is 10.3 Å². The highest BCUT2D eigenvalue weighted by atomic mass is 16.1. The van der Waals surface area contributed by atoms with Gasteiger partial charge in [-0.1, -0.05) is 6.92 Å². The Kier molecular flexibility index (Phi) is 4.43.